The molecule has 0 radical (unpaired) electrons. The van der Waals surface area contributed by atoms with Crippen LogP contribution in [0, 0.1) is 5.92 Å². The van der Waals surface area contributed by atoms with Crippen LogP contribution >= 0.6 is 0 Å². The summed E-state index contributed by atoms with van der Waals surface area (Å²) in [7, 11) is 0.739. The molecule has 1 fully saturated rings. The maximum atomic E-state index is 13.5. The highest BCUT2D eigenvalue weighted by atomic mass is 32.2. The molecule has 0 aliphatic carbocycles. The highest BCUT2D eigenvalue weighted by Crippen LogP contribution is 2.37. The predicted octanol–water partition coefficient (Wildman–Crippen LogP) is 4.34. The first-order valence-electron chi connectivity index (χ1n) is 14.3. The Morgan fingerprint density at radius 1 is 0.750 bits per heavy atom. The summed E-state index contributed by atoms with van der Waals surface area (Å²) in [6.45, 7) is -0.251. The van der Waals surface area contributed by atoms with Gasteiger partial charge in [-0.1, -0.05) is 54.6 Å². The molecule has 5 atom stereocenters. The number of rotatable bonds is 15. The summed E-state index contributed by atoms with van der Waals surface area (Å²) in [6, 6.07) is 25.1. The highest BCUT2D eigenvalue weighted by Gasteiger charge is 2.48. The number of hydrogen-bond acceptors (Lipinski definition) is 10. The molecule has 0 bridgehead atoms. The molecular formula is C33H38O10S. The minimum atomic E-state index is -3.72. The van der Waals surface area contributed by atoms with Crippen molar-refractivity contribution in [1.29, 1.82) is 0 Å². The third-order valence-electron chi connectivity index (χ3n) is 7.54. The van der Waals surface area contributed by atoms with Crippen LogP contribution in [0.1, 0.15) is 33.6 Å². The second-order valence-corrected chi connectivity index (χ2v) is 12.4. The van der Waals surface area contributed by atoms with Gasteiger partial charge in [-0.3, -0.25) is 0 Å². The Morgan fingerprint density at radius 2 is 1.30 bits per heavy atom. The molecule has 1 aliphatic heterocycles. The lowest BCUT2D eigenvalue weighted by Gasteiger charge is -2.26. The molecule has 0 saturated carbocycles. The number of hydrogen-bond donors (Lipinski definition) is 0. The van der Waals surface area contributed by atoms with E-state index in [0.29, 0.717) is 11.1 Å². The van der Waals surface area contributed by atoms with Crippen LogP contribution in [0.3, 0.4) is 0 Å². The first kappa shape index (κ1) is 33.3. The lowest BCUT2D eigenvalue weighted by molar-refractivity contribution is -0.133. The molecule has 1 aliphatic rings. The second kappa shape index (κ2) is 15.9. The summed E-state index contributed by atoms with van der Waals surface area (Å²) in [6.07, 6.45) is -3.32. The molecule has 0 aromatic heterocycles. The standard InChI is InChI=1S/C33H38O10S/c1-38-30(39-2)20-28-27(22-44(36,37)26-17-11-6-12-18-26)31(40-3)29(43-28)19-25(42-33(35)24-15-9-5-10-16-24)21-41-32(34)23-13-7-4-8-14-23/h4-18,25,27-31H,19-22H2,1-3H3/t25-,27?,28-,29?,31+/m0/s1. The summed E-state index contributed by atoms with van der Waals surface area (Å²) < 4.78 is 61.4. The molecular weight excluding hydrogens is 588 g/mol. The van der Waals surface area contributed by atoms with Crippen molar-refractivity contribution in [2.45, 2.75) is 48.4 Å². The third kappa shape index (κ3) is 8.73. The molecule has 1 saturated heterocycles. The maximum Gasteiger partial charge on any atom is 0.338 e. The molecule has 3 aromatic rings. The van der Waals surface area contributed by atoms with E-state index in [1.165, 1.54) is 21.3 Å². The van der Waals surface area contributed by atoms with Crippen molar-refractivity contribution in [2.24, 2.45) is 5.92 Å². The van der Waals surface area contributed by atoms with E-state index in [1.54, 1.807) is 91.0 Å². The number of carbonyl (C=O) groups is 2. The minimum absolute atomic E-state index is 0.0716. The Balaban J connectivity index is 1.58. The van der Waals surface area contributed by atoms with Gasteiger partial charge in [-0.2, -0.15) is 0 Å². The molecule has 0 N–H and O–H groups in total. The van der Waals surface area contributed by atoms with Gasteiger partial charge in [0.15, 0.2) is 16.1 Å². The maximum absolute atomic E-state index is 13.5. The van der Waals surface area contributed by atoms with Crippen molar-refractivity contribution in [3.63, 3.8) is 0 Å². The smallest absolute Gasteiger partial charge is 0.338 e. The topological polar surface area (TPSA) is 124 Å². The third-order valence-corrected chi connectivity index (χ3v) is 9.35. The van der Waals surface area contributed by atoms with Gasteiger partial charge in [-0.15, -0.1) is 0 Å². The van der Waals surface area contributed by atoms with Gasteiger partial charge in [-0.25, -0.2) is 18.0 Å². The molecule has 10 nitrogen and oxygen atoms in total. The fraction of sp³-hybridized carbons (Fsp3) is 0.394. The van der Waals surface area contributed by atoms with Crippen LogP contribution < -0.4 is 0 Å². The first-order valence-corrected chi connectivity index (χ1v) is 15.9. The van der Waals surface area contributed by atoms with Gasteiger partial charge in [0.05, 0.1) is 40.1 Å². The van der Waals surface area contributed by atoms with Crippen LogP contribution in [0.5, 0.6) is 0 Å². The Labute approximate surface area is 258 Å². The zero-order valence-corrected chi connectivity index (χ0v) is 25.8. The number of methoxy groups -OCH3 is 3. The number of carbonyl (C=O) groups excluding carboxylic acids is 2. The van der Waals surface area contributed by atoms with Crippen LogP contribution in [0.4, 0.5) is 0 Å². The molecule has 0 amide bonds. The fourth-order valence-electron chi connectivity index (χ4n) is 5.32. The predicted molar refractivity (Wildman–Crippen MR) is 161 cm³/mol. The Hall–Kier alpha value is -3.61. The molecule has 4 rings (SSSR count). The van der Waals surface area contributed by atoms with Crippen molar-refractivity contribution in [1.82, 2.24) is 0 Å². The number of ether oxygens (including phenoxy) is 6. The van der Waals surface area contributed by atoms with Gasteiger partial charge < -0.3 is 28.4 Å². The average molecular weight is 627 g/mol. The SMILES string of the molecule is COC(C[C@@H]1OC(C[C@@H](COC(=O)c2ccccc2)OC(=O)c2ccccc2)[C@H](OC)C1CS(=O)(=O)c1ccccc1)OC. The molecule has 0 spiro atoms. The van der Waals surface area contributed by atoms with E-state index in [2.05, 4.69) is 0 Å². The van der Waals surface area contributed by atoms with Crippen molar-refractivity contribution >= 4 is 21.8 Å². The molecule has 236 valence electrons. The van der Waals surface area contributed by atoms with Gasteiger partial charge in [-0.05, 0) is 36.4 Å². The molecule has 2 unspecified atom stereocenters. The fourth-order valence-corrected chi connectivity index (χ4v) is 7.00. The van der Waals surface area contributed by atoms with Gasteiger partial charge in [0.1, 0.15) is 12.7 Å². The quantitative estimate of drug-likeness (QED) is 0.178. The summed E-state index contributed by atoms with van der Waals surface area (Å²) in [5.41, 5.74) is 0.680. The van der Waals surface area contributed by atoms with Crippen molar-refractivity contribution in [2.75, 3.05) is 33.7 Å². The highest BCUT2D eigenvalue weighted by molar-refractivity contribution is 7.91. The Bertz CT molecular complexity index is 1430. The van der Waals surface area contributed by atoms with E-state index < -0.39 is 58.4 Å². The Morgan fingerprint density at radius 3 is 1.84 bits per heavy atom. The monoisotopic (exact) mass is 626 g/mol. The van der Waals surface area contributed by atoms with E-state index in [9.17, 15) is 18.0 Å². The molecule has 3 aromatic carbocycles. The summed E-state index contributed by atoms with van der Waals surface area (Å²) in [4.78, 5) is 26.0. The molecule has 1 heterocycles. The van der Waals surface area contributed by atoms with Crippen molar-refractivity contribution in [3.05, 3.63) is 102 Å². The Kier molecular flexibility index (Phi) is 12.0. The van der Waals surface area contributed by atoms with Crippen LogP contribution in [0.25, 0.3) is 0 Å². The molecule has 11 heteroatoms. The van der Waals surface area contributed by atoms with Gasteiger partial charge in [0, 0.05) is 40.1 Å². The van der Waals surface area contributed by atoms with E-state index in [-0.39, 0.29) is 30.1 Å². The lowest BCUT2D eigenvalue weighted by Crippen LogP contribution is -2.38. The zero-order valence-electron chi connectivity index (χ0n) is 24.9. The first-order chi connectivity index (χ1) is 21.2. The van der Waals surface area contributed by atoms with Gasteiger partial charge >= 0.3 is 11.9 Å². The zero-order chi connectivity index (χ0) is 31.5. The average Bonchev–Trinajstić information content (AvgIpc) is 3.37. The lowest BCUT2D eigenvalue weighted by atomic mass is 9.94. The number of esters is 2. The minimum Gasteiger partial charge on any atom is -0.458 e. The molecule has 44 heavy (non-hydrogen) atoms. The number of benzene rings is 3. The summed E-state index contributed by atoms with van der Waals surface area (Å²) >= 11 is 0. The number of sulfone groups is 1. The van der Waals surface area contributed by atoms with Gasteiger partial charge in [0.2, 0.25) is 0 Å². The van der Waals surface area contributed by atoms with E-state index >= 15 is 0 Å². The summed E-state index contributed by atoms with van der Waals surface area (Å²) in [5.74, 6) is -2.04. The summed E-state index contributed by atoms with van der Waals surface area (Å²) in [5, 5.41) is 0. The van der Waals surface area contributed by atoms with Crippen LogP contribution in [0.2, 0.25) is 0 Å². The van der Waals surface area contributed by atoms with Crippen LogP contribution in [-0.2, 0) is 38.3 Å². The largest absolute Gasteiger partial charge is 0.458 e. The second-order valence-electron chi connectivity index (χ2n) is 10.4. The van der Waals surface area contributed by atoms with E-state index in [0.717, 1.165) is 0 Å². The normalized spacial score (nSPS) is 20.7. The van der Waals surface area contributed by atoms with Gasteiger partial charge in [0.25, 0.3) is 0 Å². The van der Waals surface area contributed by atoms with E-state index in [4.69, 9.17) is 28.4 Å². The van der Waals surface area contributed by atoms with Crippen molar-refractivity contribution in [3.8, 4) is 0 Å². The van der Waals surface area contributed by atoms with E-state index in [1.807, 2.05) is 0 Å². The van der Waals surface area contributed by atoms with Crippen LogP contribution in [0.15, 0.2) is 95.9 Å². The van der Waals surface area contributed by atoms with Crippen molar-refractivity contribution < 1.29 is 46.4 Å². The van der Waals surface area contributed by atoms with Crippen LogP contribution in [-0.4, -0.2) is 84.8 Å².